The van der Waals surface area contributed by atoms with Crippen LogP contribution in [0.1, 0.15) is 0 Å². The van der Waals surface area contributed by atoms with Gasteiger partial charge in [0.1, 0.15) is 0 Å². The van der Waals surface area contributed by atoms with Crippen LogP contribution in [0.15, 0.2) is 243 Å². The van der Waals surface area contributed by atoms with E-state index in [1.165, 1.54) is 70.6 Å². The van der Waals surface area contributed by atoms with E-state index >= 15 is 0 Å². The van der Waals surface area contributed by atoms with Gasteiger partial charge in [0.25, 0.3) is 0 Å². The number of para-hydroxylation sites is 2. The van der Waals surface area contributed by atoms with Crippen molar-refractivity contribution in [3.8, 4) is 45.3 Å². The van der Waals surface area contributed by atoms with Crippen molar-refractivity contribution in [2.45, 2.75) is 0 Å². The third kappa shape index (κ3) is 5.71. The van der Waals surface area contributed by atoms with E-state index in [-0.39, 0.29) is 0 Å². The van der Waals surface area contributed by atoms with E-state index in [9.17, 15) is 0 Å². The summed E-state index contributed by atoms with van der Waals surface area (Å²) >= 11 is 0. The fraction of sp³-hybridized carbons (Fsp3) is 0. The molecule has 0 saturated carbocycles. The zero-order valence-electron chi connectivity index (χ0n) is 37.9. The summed E-state index contributed by atoms with van der Waals surface area (Å²) in [5, 5.41) is 17.0. The van der Waals surface area contributed by atoms with Gasteiger partial charge in [0.2, 0.25) is 5.95 Å². The Morgan fingerprint density at radius 3 is 1.20 bits per heavy atom. The number of benzene rings is 12. The van der Waals surface area contributed by atoms with Gasteiger partial charge in [0.15, 0.2) is 0 Å². The molecule has 3 heterocycles. The number of nitrogens with zero attached hydrogens (tertiary/aromatic N) is 4. The fourth-order valence-electron chi connectivity index (χ4n) is 11.6. The van der Waals surface area contributed by atoms with Crippen molar-refractivity contribution in [2.75, 3.05) is 0 Å². The summed E-state index contributed by atoms with van der Waals surface area (Å²) < 4.78 is 4.74. The molecule has 0 amide bonds. The molecule has 15 rings (SSSR count). The van der Waals surface area contributed by atoms with Crippen LogP contribution >= 0.6 is 0 Å². The van der Waals surface area contributed by atoms with Crippen molar-refractivity contribution < 1.29 is 0 Å². The minimum atomic E-state index is 0.635. The van der Waals surface area contributed by atoms with Gasteiger partial charge >= 0.3 is 0 Å². The Morgan fingerprint density at radius 1 is 0.257 bits per heavy atom. The van der Waals surface area contributed by atoms with Crippen LogP contribution in [0.5, 0.6) is 0 Å². The molecule has 0 spiro atoms. The first-order valence-corrected chi connectivity index (χ1v) is 24.0. The molecular weight excluding hydrogens is 849 g/mol. The lowest BCUT2D eigenvalue weighted by molar-refractivity contribution is 0.997. The average Bonchev–Trinajstić information content (AvgIpc) is 3.94. The summed E-state index contributed by atoms with van der Waals surface area (Å²) in [5.41, 5.74) is 11.9. The number of hydrogen-bond acceptors (Lipinski definition) is 2. The molecular formula is C66H40N4. The summed E-state index contributed by atoms with van der Waals surface area (Å²) in [7, 11) is 0. The van der Waals surface area contributed by atoms with Crippen molar-refractivity contribution in [2.24, 2.45) is 0 Å². The Kier molecular flexibility index (Phi) is 8.33. The van der Waals surface area contributed by atoms with Gasteiger partial charge in [0.05, 0.1) is 39.1 Å². The molecule has 0 fully saturated rings. The van der Waals surface area contributed by atoms with Gasteiger partial charge in [-0.1, -0.05) is 194 Å². The molecule has 3 aromatic heterocycles. The van der Waals surface area contributed by atoms with Crippen LogP contribution in [-0.2, 0) is 0 Å². The second-order valence-corrected chi connectivity index (χ2v) is 18.5. The summed E-state index contributed by atoms with van der Waals surface area (Å²) in [4.78, 5) is 10.9. The summed E-state index contributed by atoms with van der Waals surface area (Å²) in [5.74, 6) is 0.635. The Labute approximate surface area is 402 Å². The van der Waals surface area contributed by atoms with Gasteiger partial charge in [-0.2, -0.15) is 0 Å². The maximum atomic E-state index is 5.47. The van der Waals surface area contributed by atoms with E-state index in [0.717, 1.165) is 66.2 Å². The van der Waals surface area contributed by atoms with Crippen LogP contribution in [-0.4, -0.2) is 19.1 Å². The van der Waals surface area contributed by atoms with Crippen LogP contribution < -0.4 is 0 Å². The number of fused-ring (bicyclic) bond motifs is 14. The molecule has 0 aliphatic rings. The third-order valence-corrected chi connectivity index (χ3v) is 14.7. The molecule has 0 aliphatic carbocycles. The van der Waals surface area contributed by atoms with E-state index in [0.29, 0.717) is 5.95 Å². The van der Waals surface area contributed by atoms with Crippen LogP contribution in [0.3, 0.4) is 0 Å². The van der Waals surface area contributed by atoms with E-state index in [2.05, 4.69) is 252 Å². The van der Waals surface area contributed by atoms with E-state index in [1.54, 1.807) is 0 Å². The number of aromatic nitrogens is 4. The Morgan fingerprint density at radius 2 is 0.643 bits per heavy atom. The Bertz CT molecular complexity index is 4520. The molecule has 70 heavy (non-hydrogen) atoms. The first kappa shape index (κ1) is 38.7. The molecule has 0 unspecified atom stereocenters. The van der Waals surface area contributed by atoms with Gasteiger partial charge in [-0.3, -0.25) is 4.57 Å². The largest absolute Gasteiger partial charge is 0.309 e. The van der Waals surface area contributed by atoms with E-state index in [1.807, 2.05) is 0 Å². The molecule has 324 valence electrons. The lowest BCUT2D eigenvalue weighted by atomic mass is 9.93. The van der Waals surface area contributed by atoms with Crippen molar-refractivity contribution in [3.63, 3.8) is 0 Å². The zero-order chi connectivity index (χ0) is 45.9. The Balaban J connectivity index is 0.930. The number of rotatable bonds is 5. The number of hydrogen-bond donors (Lipinski definition) is 0. The third-order valence-electron chi connectivity index (χ3n) is 14.7. The molecule has 0 aliphatic heterocycles. The molecule has 0 bridgehead atoms. The van der Waals surface area contributed by atoms with Crippen LogP contribution in [0.4, 0.5) is 0 Å². The molecule has 12 aromatic carbocycles. The summed E-state index contributed by atoms with van der Waals surface area (Å²) in [6, 6.07) is 88.1. The second kappa shape index (κ2) is 15.1. The summed E-state index contributed by atoms with van der Waals surface area (Å²) in [6.07, 6.45) is 0. The molecule has 4 heteroatoms. The minimum Gasteiger partial charge on any atom is -0.309 e. The van der Waals surface area contributed by atoms with Crippen molar-refractivity contribution in [1.29, 1.82) is 0 Å². The highest BCUT2D eigenvalue weighted by Gasteiger charge is 2.21. The SMILES string of the molecule is c1ccc2c(-c3cc(-c4cccc5ccccc45)nc(-n4c5ccccc5c5cc(-c6ccc7c(c6)c6ccccc6n7-c6cccc7c8ccccc8c8ccccc8c67)ccc54)n3)cccc2c1. The predicted octanol–water partition coefficient (Wildman–Crippen LogP) is 17.4. The standard InChI is InChI=1S/C66H40N4/c1-3-20-45-41(16-1)18-13-28-50(45)58-40-59(51-29-14-19-42-17-2-4-21-46(42)51)68-66(67-58)70-61-32-12-10-26-53(61)57-39-44(35-37-63(57)70)43-34-36-62-56(38-43)52-25-9-11-31-60(52)69(62)64-33-15-30-55-49-23-6-5-22-47(49)48-24-7-8-27-54(48)65(55)64/h1-40H. The molecule has 0 radical (unpaired) electrons. The normalized spacial score (nSPS) is 12.0. The minimum absolute atomic E-state index is 0.635. The highest BCUT2D eigenvalue weighted by molar-refractivity contribution is 6.28. The first-order chi connectivity index (χ1) is 34.7. The predicted molar refractivity (Wildman–Crippen MR) is 295 cm³/mol. The molecule has 0 atom stereocenters. The maximum absolute atomic E-state index is 5.47. The summed E-state index contributed by atoms with van der Waals surface area (Å²) in [6.45, 7) is 0. The lowest BCUT2D eigenvalue weighted by Gasteiger charge is -2.16. The Hall–Kier alpha value is -9.38. The smallest absolute Gasteiger partial charge is 0.235 e. The zero-order valence-corrected chi connectivity index (χ0v) is 37.9. The molecule has 4 nitrogen and oxygen atoms in total. The van der Waals surface area contributed by atoms with Crippen LogP contribution in [0, 0.1) is 0 Å². The van der Waals surface area contributed by atoms with Gasteiger partial charge in [-0.25, -0.2) is 9.97 Å². The fourth-order valence-corrected chi connectivity index (χ4v) is 11.6. The quantitative estimate of drug-likeness (QED) is 0.161. The topological polar surface area (TPSA) is 35.6 Å². The molecule has 0 N–H and O–H groups in total. The highest BCUT2D eigenvalue weighted by Crippen LogP contribution is 2.43. The second-order valence-electron chi connectivity index (χ2n) is 18.5. The van der Waals surface area contributed by atoms with Crippen molar-refractivity contribution >= 4 is 97.5 Å². The first-order valence-electron chi connectivity index (χ1n) is 24.0. The van der Waals surface area contributed by atoms with Crippen molar-refractivity contribution in [3.05, 3.63) is 243 Å². The van der Waals surface area contributed by atoms with Gasteiger partial charge in [-0.05, 0) is 108 Å². The monoisotopic (exact) mass is 888 g/mol. The maximum Gasteiger partial charge on any atom is 0.235 e. The average molecular weight is 889 g/mol. The van der Waals surface area contributed by atoms with Gasteiger partial charge < -0.3 is 4.57 Å². The van der Waals surface area contributed by atoms with Crippen LogP contribution in [0.2, 0.25) is 0 Å². The van der Waals surface area contributed by atoms with Gasteiger partial charge in [-0.15, -0.1) is 0 Å². The van der Waals surface area contributed by atoms with E-state index < -0.39 is 0 Å². The highest BCUT2D eigenvalue weighted by atomic mass is 15.2. The van der Waals surface area contributed by atoms with E-state index in [4.69, 9.17) is 9.97 Å². The van der Waals surface area contributed by atoms with Crippen molar-refractivity contribution in [1.82, 2.24) is 19.1 Å². The van der Waals surface area contributed by atoms with Gasteiger partial charge in [0, 0.05) is 38.1 Å². The molecule has 15 aromatic rings. The lowest BCUT2D eigenvalue weighted by Crippen LogP contribution is -2.04. The molecule has 0 saturated heterocycles. The van der Waals surface area contributed by atoms with Crippen LogP contribution in [0.25, 0.3) is 143 Å².